The summed E-state index contributed by atoms with van der Waals surface area (Å²) in [4.78, 5) is 25.8. The van der Waals surface area contributed by atoms with Gasteiger partial charge in [-0.3, -0.25) is 9.69 Å². The van der Waals surface area contributed by atoms with E-state index in [1.807, 2.05) is 36.4 Å². The third-order valence-electron chi connectivity index (χ3n) is 5.09. The molecule has 0 saturated carbocycles. The Morgan fingerprint density at radius 1 is 1.00 bits per heavy atom. The summed E-state index contributed by atoms with van der Waals surface area (Å²) < 4.78 is 1.31. The van der Waals surface area contributed by atoms with Crippen molar-refractivity contribution in [3.05, 3.63) is 70.4 Å². The van der Waals surface area contributed by atoms with Gasteiger partial charge in [0.2, 0.25) is 5.95 Å². The molecule has 3 aromatic rings. The molecule has 1 aliphatic heterocycles. The Morgan fingerprint density at radius 2 is 1.73 bits per heavy atom. The van der Waals surface area contributed by atoms with Crippen LogP contribution >= 0.6 is 11.6 Å². The number of benzene rings is 1. The molecule has 0 amide bonds. The van der Waals surface area contributed by atoms with Gasteiger partial charge in [0.25, 0.3) is 5.56 Å². The smallest absolute Gasteiger partial charge is 0.292 e. The van der Waals surface area contributed by atoms with Crippen molar-refractivity contribution in [2.45, 2.75) is 6.42 Å². The number of aromatic nitrogens is 4. The monoisotopic (exact) mass is 425 g/mol. The lowest BCUT2D eigenvalue weighted by Crippen LogP contribution is -2.47. The van der Waals surface area contributed by atoms with E-state index in [0.717, 1.165) is 51.6 Å². The van der Waals surface area contributed by atoms with E-state index in [9.17, 15) is 4.79 Å². The maximum Gasteiger partial charge on any atom is 0.292 e. The van der Waals surface area contributed by atoms with E-state index in [1.54, 1.807) is 18.6 Å². The number of rotatable bonds is 7. The van der Waals surface area contributed by atoms with Gasteiger partial charge >= 0.3 is 0 Å². The van der Waals surface area contributed by atoms with Crippen molar-refractivity contribution in [2.24, 2.45) is 0 Å². The molecule has 1 saturated heterocycles. The molecule has 9 heteroatoms. The fourth-order valence-electron chi connectivity index (χ4n) is 3.46. The van der Waals surface area contributed by atoms with Gasteiger partial charge in [0.05, 0.1) is 17.6 Å². The van der Waals surface area contributed by atoms with Crippen molar-refractivity contribution in [2.75, 3.05) is 49.5 Å². The van der Waals surface area contributed by atoms with Gasteiger partial charge in [0.1, 0.15) is 5.02 Å². The van der Waals surface area contributed by atoms with E-state index in [1.165, 1.54) is 4.68 Å². The van der Waals surface area contributed by atoms with Crippen molar-refractivity contribution in [3.63, 3.8) is 0 Å². The molecule has 1 N–H and O–H groups in total. The van der Waals surface area contributed by atoms with E-state index in [2.05, 4.69) is 30.2 Å². The molecule has 156 valence electrons. The fourth-order valence-corrected chi connectivity index (χ4v) is 3.66. The number of hydrogen-bond donors (Lipinski definition) is 1. The Morgan fingerprint density at radius 3 is 2.47 bits per heavy atom. The molecule has 30 heavy (non-hydrogen) atoms. The highest BCUT2D eigenvalue weighted by molar-refractivity contribution is 6.32. The fraction of sp³-hybridized carbons (Fsp3) is 0.333. The minimum Gasteiger partial charge on any atom is -0.382 e. The third-order valence-corrected chi connectivity index (χ3v) is 5.46. The van der Waals surface area contributed by atoms with Gasteiger partial charge in [-0.1, -0.05) is 29.8 Å². The Kier molecular flexibility index (Phi) is 6.56. The van der Waals surface area contributed by atoms with Crippen molar-refractivity contribution in [3.8, 4) is 5.69 Å². The van der Waals surface area contributed by atoms with Crippen LogP contribution in [0.15, 0.2) is 59.8 Å². The number of halogens is 1. The molecule has 0 radical (unpaired) electrons. The molecule has 3 heterocycles. The number of piperazine rings is 1. The number of anilines is 2. The molecule has 0 bridgehead atoms. The molecule has 4 rings (SSSR count). The highest BCUT2D eigenvalue weighted by atomic mass is 35.5. The zero-order valence-corrected chi connectivity index (χ0v) is 17.4. The predicted molar refractivity (Wildman–Crippen MR) is 119 cm³/mol. The average Bonchev–Trinajstić information content (AvgIpc) is 2.81. The summed E-state index contributed by atoms with van der Waals surface area (Å²) in [6.45, 7) is 5.50. The Balaban J connectivity index is 1.24. The normalized spacial score (nSPS) is 14.6. The van der Waals surface area contributed by atoms with Crippen molar-refractivity contribution < 1.29 is 0 Å². The summed E-state index contributed by atoms with van der Waals surface area (Å²) >= 11 is 6.29. The summed E-state index contributed by atoms with van der Waals surface area (Å²) in [6.07, 6.45) is 6.10. The summed E-state index contributed by atoms with van der Waals surface area (Å²) in [6, 6.07) is 11.1. The van der Waals surface area contributed by atoms with Crippen LogP contribution in [0.1, 0.15) is 6.42 Å². The highest BCUT2D eigenvalue weighted by Crippen LogP contribution is 2.17. The van der Waals surface area contributed by atoms with Crippen molar-refractivity contribution in [1.29, 1.82) is 0 Å². The van der Waals surface area contributed by atoms with Crippen LogP contribution in [0.5, 0.6) is 0 Å². The average molecular weight is 426 g/mol. The summed E-state index contributed by atoms with van der Waals surface area (Å²) in [5.41, 5.74) is 0.933. The lowest BCUT2D eigenvalue weighted by atomic mass is 10.3. The molecule has 1 aliphatic rings. The largest absolute Gasteiger partial charge is 0.382 e. The second-order valence-electron chi connectivity index (χ2n) is 7.08. The van der Waals surface area contributed by atoms with Crippen LogP contribution in [-0.2, 0) is 0 Å². The molecule has 8 nitrogen and oxygen atoms in total. The quantitative estimate of drug-likeness (QED) is 0.582. The zero-order valence-electron chi connectivity index (χ0n) is 16.6. The second-order valence-corrected chi connectivity index (χ2v) is 7.46. The first kappa shape index (κ1) is 20.3. The predicted octanol–water partition coefficient (Wildman–Crippen LogP) is 2.30. The lowest BCUT2D eigenvalue weighted by Gasteiger charge is -2.34. The molecule has 0 atom stereocenters. The van der Waals surface area contributed by atoms with Crippen LogP contribution < -0.4 is 15.8 Å². The maximum atomic E-state index is 12.5. The molecular weight excluding hydrogens is 402 g/mol. The molecule has 0 spiro atoms. The standard InChI is InChI=1S/C21H24ClN7O/c22-19-18(16-26-29(20(19)30)17-6-2-1-3-7-17)23-10-5-11-27-12-14-28(15-13-27)21-24-8-4-9-25-21/h1-4,6-9,16,23H,5,10-15H2. The van der Waals surface area contributed by atoms with Gasteiger partial charge in [-0.25, -0.2) is 9.97 Å². The van der Waals surface area contributed by atoms with Crippen LogP contribution in [-0.4, -0.2) is 63.9 Å². The van der Waals surface area contributed by atoms with E-state index in [4.69, 9.17) is 11.6 Å². The lowest BCUT2D eigenvalue weighted by molar-refractivity contribution is 0.256. The van der Waals surface area contributed by atoms with E-state index in [0.29, 0.717) is 11.4 Å². The van der Waals surface area contributed by atoms with Crippen LogP contribution in [0.3, 0.4) is 0 Å². The Labute approximate surface area is 180 Å². The second kappa shape index (κ2) is 9.69. The van der Waals surface area contributed by atoms with Crippen molar-refractivity contribution >= 4 is 23.2 Å². The Hall–Kier alpha value is -2.97. The number of nitrogens with zero attached hydrogens (tertiary/aromatic N) is 6. The molecule has 2 aromatic heterocycles. The first-order valence-electron chi connectivity index (χ1n) is 10.0. The summed E-state index contributed by atoms with van der Waals surface area (Å²) in [5, 5.41) is 7.64. The van der Waals surface area contributed by atoms with Gasteiger partial charge in [-0.05, 0) is 31.2 Å². The molecule has 1 fully saturated rings. The molecule has 0 aliphatic carbocycles. The van der Waals surface area contributed by atoms with Crippen molar-refractivity contribution in [1.82, 2.24) is 24.6 Å². The molecule has 0 unspecified atom stereocenters. The minimum absolute atomic E-state index is 0.158. The van der Waals surface area contributed by atoms with Gasteiger partial charge in [0, 0.05) is 45.1 Å². The van der Waals surface area contributed by atoms with Gasteiger partial charge in [-0.2, -0.15) is 9.78 Å². The van der Waals surface area contributed by atoms with Crippen LogP contribution in [0, 0.1) is 0 Å². The molecule has 1 aromatic carbocycles. The summed E-state index contributed by atoms with van der Waals surface area (Å²) in [5.74, 6) is 0.797. The Bertz CT molecular complexity index is 1000. The number of nitrogens with one attached hydrogen (secondary N) is 1. The molecular formula is C21H24ClN7O. The van der Waals surface area contributed by atoms with Crippen LogP contribution in [0.4, 0.5) is 11.6 Å². The number of para-hydroxylation sites is 1. The minimum atomic E-state index is -0.327. The van der Waals surface area contributed by atoms with E-state index < -0.39 is 0 Å². The maximum absolute atomic E-state index is 12.5. The topological polar surface area (TPSA) is 79.2 Å². The first-order chi connectivity index (χ1) is 14.7. The van der Waals surface area contributed by atoms with E-state index >= 15 is 0 Å². The van der Waals surface area contributed by atoms with E-state index in [-0.39, 0.29) is 10.6 Å². The van der Waals surface area contributed by atoms with Gasteiger partial charge in [0.15, 0.2) is 0 Å². The number of hydrogen-bond acceptors (Lipinski definition) is 7. The third kappa shape index (κ3) is 4.77. The van der Waals surface area contributed by atoms with Crippen LogP contribution in [0.25, 0.3) is 5.69 Å². The van der Waals surface area contributed by atoms with Crippen LogP contribution in [0.2, 0.25) is 5.02 Å². The first-order valence-corrected chi connectivity index (χ1v) is 10.4. The zero-order chi connectivity index (χ0) is 20.8. The SMILES string of the molecule is O=c1c(Cl)c(NCCCN2CCN(c3ncccn3)CC2)cnn1-c1ccccc1. The van der Waals surface area contributed by atoms with Gasteiger partial charge < -0.3 is 10.2 Å². The highest BCUT2D eigenvalue weighted by Gasteiger charge is 2.18. The summed E-state index contributed by atoms with van der Waals surface area (Å²) in [7, 11) is 0. The van der Waals surface area contributed by atoms with Gasteiger partial charge in [-0.15, -0.1) is 0 Å².